The minimum Gasteiger partial charge on any atom is -0.492 e. The topological polar surface area (TPSA) is 61.8 Å². The van der Waals surface area contributed by atoms with Gasteiger partial charge in [-0.3, -0.25) is 9.69 Å². The Morgan fingerprint density at radius 3 is 2.48 bits per heavy atom. The van der Waals surface area contributed by atoms with E-state index >= 15 is 0 Å². The van der Waals surface area contributed by atoms with Gasteiger partial charge in [0.1, 0.15) is 18.0 Å². The van der Waals surface area contributed by atoms with Crippen molar-refractivity contribution in [3.8, 4) is 5.75 Å². The van der Waals surface area contributed by atoms with Crippen LogP contribution in [0.3, 0.4) is 0 Å². The molecule has 1 aliphatic heterocycles. The van der Waals surface area contributed by atoms with Gasteiger partial charge in [0, 0.05) is 13.1 Å². The number of carbonyl (C=O) groups is 1. The molecule has 0 aromatic heterocycles. The first-order valence-electron chi connectivity index (χ1n) is 9.60. The van der Waals surface area contributed by atoms with Gasteiger partial charge in [-0.2, -0.15) is 0 Å². The van der Waals surface area contributed by atoms with Crippen molar-refractivity contribution in [2.75, 3.05) is 32.8 Å². The molecule has 138 valence electrons. The van der Waals surface area contributed by atoms with Crippen LogP contribution in [0.4, 0.5) is 0 Å². The van der Waals surface area contributed by atoms with Gasteiger partial charge in [-0.1, -0.05) is 12.1 Å². The van der Waals surface area contributed by atoms with Crippen LogP contribution in [0.25, 0.3) is 0 Å². The highest BCUT2D eigenvalue weighted by atomic mass is 16.5. The lowest BCUT2D eigenvalue weighted by molar-refractivity contribution is -0.139. The van der Waals surface area contributed by atoms with Crippen LogP contribution in [0.2, 0.25) is 0 Å². The van der Waals surface area contributed by atoms with Gasteiger partial charge in [-0.15, -0.1) is 0 Å². The number of nitrogens with one attached hydrogen (secondary N) is 1. The summed E-state index contributed by atoms with van der Waals surface area (Å²) in [5, 5.41) is 13.1. The molecule has 2 fully saturated rings. The number of amides is 1. The van der Waals surface area contributed by atoms with Crippen LogP contribution < -0.4 is 10.1 Å². The first-order valence-corrected chi connectivity index (χ1v) is 9.60. The van der Waals surface area contributed by atoms with Gasteiger partial charge in [-0.25, -0.2) is 0 Å². The van der Waals surface area contributed by atoms with Gasteiger partial charge in [0.05, 0.1) is 0 Å². The number of carbonyl (C=O) groups excluding carboxylic acids is 1. The van der Waals surface area contributed by atoms with Crippen LogP contribution in [-0.2, 0) is 11.2 Å². The number of benzene rings is 1. The molecule has 0 bridgehead atoms. The quantitative estimate of drug-likeness (QED) is 0.757. The van der Waals surface area contributed by atoms with Crippen LogP contribution in [-0.4, -0.2) is 54.3 Å². The smallest absolute Gasteiger partial charge is 0.251 e. The van der Waals surface area contributed by atoms with E-state index in [1.807, 2.05) is 24.3 Å². The standard InChI is InChI=1S/C20H30N2O3/c23-19(20(24)10-1-2-11-20)21-12-9-17-5-7-18(8-6-17)25-16-15-22-13-3-4-14-22/h5-8,24H,1-4,9-16H2,(H,21,23). The number of aliphatic hydroxyl groups is 1. The molecule has 5 nitrogen and oxygen atoms in total. The average Bonchev–Trinajstić information content (AvgIpc) is 3.29. The van der Waals surface area contributed by atoms with Crippen LogP contribution in [0.15, 0.2) is 24.3 Å². The lowest BCUT2D eigenvalue weighted by Crippen LogP contribution is -2.45. The average molecular weight is 346 g/mol. The van der Waals surface area contributed by atoms with Crippen molar-refractivity contribution in [3.63, 3.8) is 0 Å². The van der Waals surface area contributed by atoms with E-state index in [4.69, 9.17) is 4.74 Å². The number of nitrogens with zero attached hydrogens (tertiary/aromatic N) is 1. The van der Waals surface area contributed by atoms with Crippen LogP contribution in [0.5, 0.6) is 5.75 Å². The summed E-state index contributed by atoms with van der Waals surface area (Å²) in [6, 6.07) is 8.07. The molecule has 1 aromatic carbocycles. The van der Waals surface area contributed by atoms with Crippen molar-refractivity contribution >= 4 is 5.91 Å². The molecule has 0 radical (unpaired) electrons. The maximum absolute atomic E-state index is 12.1. The molecular weight excluding hydrogens is 316 g/mol. The van der Waals surface area contributed by atoms with Crippen molar-refractivity contribution in [1.82, 2.24) is 10.2 Å². The molecule has 1 aromatic rings. The molecule has 0 atom stereocenters. The van der Waals surface area contributed by atoms with E-state index < -0.39 is 5.60 Å². The number of likely N-dealkylation sites (tertiary alicyclic amines) is 1. The number of hydrogen-bond acceptors (Lipinski definition) is 4. The van der Waals surface area contributed by atoms with E-state index in [-0.39, 0.29) is 5.91 Å². The third-order valence-corrected chi connectivity index (χ3v) is 5.35. The molecule has 5 heteroatoms. The van der Waals surface area contributed by atoms with Gasteiger partial charge < -0.3 is 15.2 Å². The molecular formula is C20H30N2O3. The lowest BCUT2D eigenvalue weighted by Gasteiger charge is -2.20. The minimum absolute atomic E-state index is 0.216. The summed E-state index contributed by atoms with van der Waals surface area (Å²) in [5.41, 5.74) is 0.0261. The highest BCUT2D eigenvalue weighted by molar-refractivity contribution is 5.85. The van der Waals surface area contributed by atoms with Crippen LogP contribution in [0.1, 0.15) is 44.1 Å². The predicted molar refractivity (Wildman–Crippen MR) is 97.7 cm³/mol. The van der Waals surface area contributed by atoms with Crippen molar-refractivity contribution in [3.05, 3.63) is 29.8 Å². The van der Waals surface area contributed by atoms with E-state index in [0.29, 0.717) is 19.4 Å². The second kappa shape index (κ2) is 8.68. The molecule has 1 aliphatic carbocycles. The predicted octanol–water partition coefficient (Wildman–Crippen LogP) is 2.12. The largest absolute Gasteiger partial charge is 0.492 e. The molecule has 1 amide bonds. The molecule has 25 heavy (non-hydrogen) atoms. The van der Waals surface area contributed by atoms with E-state index in [1.165, 1.54) is 25.9 Å². The number of ether oxygens (including phenoxy) is 1. The fourth-order valence-corrected chi connectivity index (χ4v) is 3.72. The van der Waals surface area contributed by atoms with Crippen molar-refractivity contribution < 1.29 is 14.6 Å². The van der Waals surface area contributed by atoms with E-state index in [9.17, 15) is 9.90 Å². The summed E-state index contributed by atoms with van der Waals surface area (Å²) in [6.45, 7) is 4.67. The second-order valence-corrected chi connectivity index (χ2v) is 7.29. The Bertz CT molecular complexity index is 547. The van der Waals surface area contributed by atoms with E-state index in [1.54, 1.807) is 0 Å². The third kappa shape index (κ3) is 5.19. The minimum atomic E-state index is -1.13. The van der Waals surface area contributed by atoms with Gasteiger partial charge in [0.15, 0.2) is 0 Å². The second-order valence-electron chi connectivity index (χ2n) is 7.29. The summed E-state index contributed by atoms with van der Waals surface area (Å²) < 4.78 is 5.80. The summed E-state index contributed by atoms with van der Waals surface area (Å²) in [7, 11) is 0. The molecule has 1 heterocycles. The number of rotatable bonds is 8. The Morgan fingerprint density at radius 1 is 1.12 bits per heavy atom. The van der Waals surface area contributed by atoms with Gasteiger partial charge in [0.25, 0.3) is 5.91 Å². The summed E-state index contributed by atoms with van der Waals surface area (Å²) in [6.07, 6.45) is 6.41. The Hall–Kier alpha value is -1.59. The van der Waals surface area contributed by atoms with E-state index in [2.05, 4.69) is 10.2 Å². The summed E-state index contributed by atoms with van der Waals surface area (Å²) in [5.74, 6) is 0.680. The summed E-state index contributed by atoms with van der Waals surface area (Å²) in [4.78, 5) is 14.5. The molecule has 0 spiro atoms. The lowest BCUT2D eigenvalue weighted by atomic mass is 10.0. The zero-order valence-corrected chi connectivity index (χ0v) is 15.0. The molecule has 0 unspecified atom stereocenters. The monoisotopic (exact) mass is 346 g/mol. The van der Waals surface area contributed by atoms with Crippen molar-refractivity contribution in [1.29, 1.82) is 0 Å². The van der Waals surface area contributed by atoms with Crippen molar-refractivity contribution in [2.45, 2.75) is 50.5 Å². The Kier molecular flexibility index (Phi) is 6.32. The Balaban J connectivity index is 1.35. The molecule has 1 saturated carbocycles. The zero-order chi connectivity index (χ0) is 17.5. The highest BCUT2D eigenvalue weighted by Gasteiger charge is 2.38. The molecule has 2 aliphatic rings. The fraction of sp³-hybridized carbons (Fsp3) is 0.650. The maximum atomic E-state index is 12.1. The molecule has 3 rings (SSSR count). The Morgan fingerprint density at radius 2 is 1.80 bits per heavy atom. The normalized spacial score (nSPS) is 19.9. The van der Waals surface area contributed by atoms with Crippen LogP contribution >= 0.6 is 0 Å². The maximum Gasteiger partial charge on any atom is 0.251 e. The van der Waals surface area contributed by atoms with Gasteiger partial charge in [-0.05, 0) is 75.7 Å². The third-order valence-electron chi connectivity index (χ3n) is 5.35. The summed E-state index contributed by atoms with van der Waals surface area (Å²) >= 11 is 0. The molecule has 2 N–H and O–H groups in total. The van der Waals surface area contributed by atoms with Crippen LogP contribution in [0, 0.1) is 0 Å². The SMILES string of the molecule is O=C(NCCc1ccc(OCCN2CCCC2)cc1)C1(O)CCCC1. The zero-order valence-electron chi connectivity index (χ0n) is 15.0. The van der Waals surface area contributed by atoms with Crippen molar-refractivity contribution in [2.24, 2.45) is 0 Å². The number of hydrogen-bond donors (Lipinski definition) is 2. The van der Waals surface area contributed by atoms with Gasteiger partial charge in [0.2, 0.25) is 0 Å². The first kappa shape index (κ1) is 18.2. The van der Waals surface area contributed by atoms with E-state index in [0.717, 1.165) is 43.7 Å². The highest BCUT2D eigenvalue weighted by Crippen LogP contribution is 2.29. The fourth-order valence-electron chi connectivity index (χ4n) is 3.72. The van der Waals surface area contributed by atoms with Gasteiger partial charge >= 0.3 is 0 Å². The first-order chi connectivity index (χ1) is 12.2. The molecule has 1 saturated heterocycles. The Labute approximate surface area is 150 Å².